The van der Waals surface area contributed by atoms with Gasteiger partial charge in [-0.3, -0.25) is 4.79 Å². The molecule has 1 aliphatic carbocycles. The zero-order chi connectivity index (χ0) is 24.1. The van der Waals surface area contributed by atoms with Gasteiger partial charge in [0.2, 0.25) is 5.91 Å². The van der Waals surface area contributed by atoms with Crippen LogP contribution >= 0.6 is 0 Å². The predicted molar refractivity (Wildman–Crippen MR) is 123 cm³/mol. The molecule has 3 rings (SSSR count). The molecule has 8 nitrogen and oxygen atoms in total. The van der Waals surface area contributed by atoms with E-state index in [1.54, 1.807) is 0 Å². The van der Waals surface area contributed by atoms with Crippen LogP contribution in [0.15, 0.2) is 24.3 Å². The van der Waals surface area contributed by atoms with E-state index in [-0.39, 0.29) is 30.3 Å². The van der Waals surface area contributed by atoms with Crippen molar-refractivity contribution in [3.8, 4) is 0 Å². The molecule has 2 amide bonds. The minimum Gasteiger partial charge on any atom is -0.444 e. The van der Waals surface area contributed by atoms with Crippen LogP contribution in [0.5, 0.6) is 0 Å². The zero-order valence-electron chi connectivity index (χ0n) is 20.0. The Hall–Kier alpha value is -2.16. The molecule has 1 heterocycles. The summed E-state index contributed by atoms with van der Waals surface area (Å²) in [6.45, 7) is 8.63. The second kappa shape index (κ2) is 11.3. The van der Waals surface area contributed by atoms with Crippen molar-refractivity contribution in [2.75, 3.05) is 13.2 Å². The summed E-state index contributed by atoms with van der Waals surface area (Å²) in [5.41, 5.74) is 1.97. The second-order valence-corrected chi connectivity index (χ2v) is 9.92. The Bertz CT molecular complexity index is 808. The van der Waals surface area contributed by atoms with Crippen LogP contribution in [0.2, 0.25) is 0 Å². The molecule has 4 N–H and O–H groups in total. The quantitative estimate of drug-likeness (QED) is 0.448. The maximum atomic E-state index is 13.2. The van der Waals surface area contributed by atoms with Crippen LogP contribution in [0.1, 0.15) is 57.7 Å². The third-order valence-corrected chi connectivity index (χ3v) is 6.72. The van der Waals surface area contributed by atoms with E-state index in [9.17, 15) is 19.8 Å². The monoisotopic (exact) mass is 462 g/mol. The van der Waals surface area contributed by atoms with Crippen LogP contribution in [0.3, 0.4) is 0 Å². The van der Waals surface area contributed by atoms with Gasteiger partial charge in [0.05, 0.1) is 37.5 Å². The van der Waals surface area contributed by atoms with Gasteiger partial charge in [-0.15, -0.1) is 0 Å². The Balaban J connectivity index is 1.63. The van der Waals surface area contributed by atoms with Crippen molar-refractivity contribution in [2.45, 2.75) is 77.4 Å². The number of fused-ring (bicyclic) bond motifs is 1. The van der Waals surface area contributed by atoms with Gasteiger partial charge in [-0.2, -0.15) is 0 Å². The number of rotatable bonds is 9. The second-order valence-electron chi connectivity index (χ2n) is 9.92. The van der Waals surface area contributed by atoms with Gasteiger partial charge in [0.15, 0.2) is 0 Å². The molecular weight excluding hydrogens is 424 g/mol. The van der Waals surface area contributed by atoms with Gasteiger partial charge in [-0.1, -0.05) is 52.0 Å². The Labute approximate surface area is 196 Å². The van der Waals surface area contributed by atoms with Crippen molar-refractivity contribution in [2.24, 2.45) is 17.8 Å². The molecule has 0 radical (unpaired) electrons. The van der Waals surface area contributed by atoms with E-state index in [1.807, 2.05) is 52.0 Å². The highest BCUT2D eigenvalue weighted by atomic mass is 16.6. The highest BCUT2D eigenvalue weighted by Crippen LogP contribution is 2.32. The number of alkyl carbamates (subject to hydrolysis) is 1. The summed E-state index contributed by atoms with van der Waals surface area (Å²) >= 11 is 0. The highest BCUT2D eigenvalue weighted by Gasteiger charge is 2.36. The van der Waals surface area contributed by atoms with Gasteiger partial charge in [-0.05, 0) is 29.4 Å². The first-order chi connectivity index (χ1) is 15.7. The molecular formula is C25H38N2O6. The molecule has 1 aromatic rings. The summed E-state index contributed by atoms with van der Waals surface area (Å²) in [5.74, 6) is -0.795. The van der Waals surface area contributed by atoms with Crippen LogP contribution in [0.25, 0.3) is 0 Å². The summed E-state index contributed by atoms with van der Waals surface area (Å²) in [5, 5.41) is 27.3. The lowest BCUT2D eigenvalue weighted by Crippen LogP contribution is -2.50. The smallest absolute Gasteiger partial charge is 0.407 e. The van der Waals surface area contributed by atoms with Crippen LogP contribution in [0, 0.1) is 17.8 Å². The van der Waals surface area contributed by atoms with E-state index in [2.05, 4.69) is 10.6 Å². The van der Waals surface area contributed by atoms with E-state index >= 15 is 0 Å². The van der Waals surface area contributed by atoms with E-state index < -0.39 is 36.3 Å². The molecule has 0 aromatic heterocycles. The number of amides is 2. The van der Waals surface area contributed by atoms with Crippen LogP contribution in [0.4, 0.5) is 4.79 Å². The number of benzene rings is 1. The highest BCUT2D eigenvalue weighted by molar-refractivity contribution is 5.79. The molecule has 0 bridgehead atoms. The number of carbonyl (C=O) groups is 2. The van der Waals surface area contributed by atoms with E-state index in [0.717, 1.165) is 11.1 Å². The van der Waals surface area contributed by atoms with Crippen LogP contribution in [-0.4, -0.2) is 59.8 Å². The first-order valence-corrected chi connectivity index (χ1v) is 12.0. The molecule has 6 atom stereocenters. The summed E-state index contributed by atoms with van der Waals surface area (Å²) in [6.07, 6.45) is -1.12. The molecule has 8 heteroatoms. The summed E-state index contributed by atoms with van der Waals surface area (Å²) in [6, 6.07) is 6.68. The number of carbonyl (C=O) groups excluding carboxylic acids is 2. The maximum Gasteiger partial charge on any atom is 0.407 e. The molecule has 4 unspecified atom stereocenters. The number of aliphatic hydroxyl groups is 2. The first-order valence-electron chi connectivity index (χ1n) is 12.0. The van der Waals surface area contributed by atoms with Gasteiger partial charge in [0.25, 0.3) is 0 Å². The molecule has 1 aromatic carbocycles. The molecule has 0 saturated carbocycles. The lowest BCUT2D eigenvalue weighted by Gasteiger charge is -2.31. The average Bonchev–Trinajstić information content (AvgIpc) is 3.37. The van der Waals surface area contributed by atoms with Crippen molar-refractivity contribution < 1.29 is 29.3 Å². The third kappa shape index (κ3) is 6.46. The van der Waals surface area contributed by atoms with Crippen LogP contribution in [-0.2, 0) is 20.7 Å². The van der Waals surface area contributed by atoms with Crippen molar-refractivity contribution in [3.63, 3.8) is 0 Å². The molecule has 1 fully saturated rings. The summed E-state index contributed by atoms with van der Waals surface area (Å²) in [7, 11) is 0. The molecule has 2 aliphatic rings. The SMILES string of the molecule is CC(C)C(CC(O)C(NC(=O)OC1CCOC1)C(C)C)C(=O)N[C@H]1c2ccccc2C[C@@H]1O. The third-order valence-electron chi connectivity index (χ3n) is 6.72. The topological polar surface area (TPSA) is 117 Å². The molecule has 33 heavy (non-hydrogen) atoms. The molecule has 0 spiro atoms. The van der Waals surface area contributed by atoms with Gasteiger partial charge >= 0.3 is 6.09 Å². The number of aliphatic hydroxyl groups excluding tert-OH is 2. The fourth-order valence-corrected chi connectivity index (χ4v) is 4.73. The number of hydrogen-bond acceptors (Lipinski definition) is 6. The molecule has 1 saturated heterocycles. The van der Waals surface area contributed by atoms with E-state index in [4.69, 9.17) is 9.47 Å². The average molecular weight is 463 g/mol. The largest absolute Gasteiger partial charge is 0.444 e. The lowest BCUT2D eigenvalue weighted by molar-refractivity contribution is -0.129. The van der Waals surface area contributed by atoms with Gasteiger partial charge in [0.1, 0.15) is 6.10 Å². The Morgan fingerprint density at radius 3 is 2.55 bits per heavy atom. The van der Waals surface area contributed by atoms with Gasteiger partial charge in [-0.25, -0.2) is 4.79 Å². The standard InChI is InChI=1S/C25H38N2O6/c1-14(2)19(24(30)26-23-18-8-6-5-7-16(18)11-20(23)28)12-21(29)22(15(3)4)27-25(31)33-17-9-10-32-13-17/h5-8,14-15,17,19-23,28-29H,9-13H2,1-4H3,(H,26,30)(H,27,31)/t17?,19?,20-,21?,22?,23-/m0/s1. The Morgan fingerprint density at radius 2 is 1.91 bits per heavy atom. The molecule has 1 aliphatic heterocycles. The van der Waals surface area contributed by atoms with Crippen molar-refractivity contribution in [3.05, 3.63) is 35.4 Å². The number of hydrogen-bond donors (Lipinski definition) is 4. The van der Waals surface area contributed by atoms with Crippen LogP contribution < -0.4 is 10.6 Å². The zero-order valence-corrected chi connectivity index (χ0v) is 20.0. The summed E-state index contributed by atoms with van der Waals surface area (Å²) in [4.78, 5) is 25.6. The van der Waals surface area contributed by atoms with E-state index in [1.165, 1.54) is 0 Å². The lowest BCUT2D eigenvalue weighted by atomic mass is 9.84. The molecule has 184 valence electrons. The Morgan fingerprint density at radius 1 is 1.18 bits per heavy atom. The van der Waals surface area contributed by atoms with Crippen molar-refractivity contribution in [1.29, 1.82) is 0 Å². The minimum atomic E-state index is -0.934. The van der Waals surface area contributed by atoms with Crippen molar-refractivity contribution >= 4 is 12.0 Å². The maximum absolute atomic E-state index is 13.2. The van der Waals surface area contributed by atoms with E-state index in [0.29, 0.717) is 26.1 Å². The number of nitrogens with one attached hydrogen (secondary N) is 2. The van der Waals surface area contributed by atoms with Gasteiger partial charge in [0, 0.05) is 18.8 Å². The fraction of sp³-hybridized carbons (Fsp3) is 0.680. The Kier molecular flexibility index (Phi) is 8.73. The van der Waals surface area contributed by atoms with Gasteiger partial charge < -0.3 is 30.3 Å². The normalized spacial score (nSPS) is 24.9. The van der Waals surface area contributed by atoms with Crippen molar-refractivity contribution in [1.82, 2.24) is 10.6 Å². The predicted octanol–water partition coefficient (Wildman–Crippen LogP) is 2.32. The summed E-state index contributed by atoms with van der Waals surface area (Å²) < 4.78 is 10.6. The number of ether oxygens (including phenoxy) is 2. The minimum absolute atomic E-state index is 0.0381. The first kappa shape index (κ1) is 25.5. The fourth-order valence-electron chi connectivity index (χ4n) is 4.73.